The molecular weight excluding hydrogens is 254 g/mol. The van der Waals surface area contributed by atoms with Crippen LogP contribution in [-0.2, 0) is 17.8 Å². The molecule has 3 rings (SSSR count). The number of allylic oxidation sites excluding steroid dienone is 1. The van der Waals surface area contributed by atoms with Crippen molar-refractivity contribution < 1.29 is 9.26 Å². The number of fused-ring (bicyclic) bond motifs is 1. The maximum absolute atomic E-state index is 6.33. The fraction of sp³-hybridized carbons (Fsp3) is 0.250. The fourth-order valence-corrected chi connectivity index (χ4v) is 2.17. The molecule has 92 valence electrons. The summed E-state index contributed by atoms with van der Waals surface area (Å²) in [5.41, 5.74) is 2.59. The highest BCUT2D eigenvalue weighted by molar-refractivity contribution is 6.34. The molecule has 0 saturated heterocycles. The van der Waals surface area contributed by atoms with Crippen LogP contribution in [0.5, 0.6) is 0 Å². The summed E-state index contributed by atoms with van der Waals surface area (Å²) in [6.45, 7) is 0.281. The summed E-state index contributed by atoms with van der Waals surface area (Å²) in [6.07, 6.45) is 6.48. The number of hydrogen-bond donors (Lipinski definition) is 0. The van der Waals surface area contributed by atoms with Crippen LogP contribution in [0.15, 0.2) is 16.8 Å². The largest absolute Gasteiger partial charge is 0.375 e. The zero-order valence-corrected chi connectivity index (χ0v) is 10.4. The van der Waals surface area contributed by atoms with Crippen molar-refractivity contribution in [1.82, 2.24) is 15.1 Å². The zero-order valence-electron chi connectivity index (χ0n) is 9.68. The molecule has 2 heterocycles. The van der Waals surface area contributed by atoms with Gasteiger partial charge in [0.1, 0.15) is 6.61 Å². The summed E-state index contributed by atoms with van der Waals surface area (Å²) in [5, 5.41) is 4.49. The van der Waals surface area contributed by atoms with Crippen molar-refractivity contribution >= 4 is 17.7 Å². The Morgan fingerprint density at radius 2 is 2.39 bits per heavy atom. The molecule has 2 aromatic rings. The van der Waals surface area contributed by atoms with Gasteiger partial charge in [0.25, 0.3) is 5.89 Å². The first-order valence-corrected chi connectivity index (χ1v) is 5.83. The minimum atomic E-state index is 0.281. The first-order chi connectivity index (χ1) is 8.79. The molecule has 0 aliphatic heterocycles. The second kappa shape index (κ2) is 4.51. The number of rotatable bonds is 3. The van der Waals surface area contributed by atoms with Crippen LogP contribution in [-0.4, -0.2) is 22.2 Å². The zero-order chi connectivity index (χ0) is 12.5. The van der Waals surface area contributed by atoms with E-state index in [2.05, 4.69) is 15.1 Å². The van der Waals surface area contributed by atoms with Crippen LogP contribution >= 0.6 is 11.6 Å². The number of hydrogen-bond acceptors (Lipinski definition) is 5. The Bertz CT molecular complexity index is 622. The minimum Gasteiger partial charge on any atom is -0.375 e. The van der Waals surface area contributed by atoms with E-state index in [1.165, 1.54) is 0 Å². The molecule has 0 spiro atoms. The summed E-state index contributed by atoms with van der Waals surface area (Å²) in [7, 11) is 1.57. The molecule has 1 aliphatic rings. The van der Waals surface area contributed by atoms with Gasteiger partial charge in [-0.3, -0.25) is 4.98 Å². The molecule has 1 aliphatic carbocycles. The highest BCUT2D eigenvalue weighted by atomic mass is 35.5. The van der Waals surface area contributed by atoms with Gasteiger partial charge in [0.05, 0.1) is 16.3 Å². The third kappa shape index (κ3) is 1.81. The molecule has 0 aromatic carbocycles. The van der Waals surface area contributed by atoms with Crippen LogP contribution in [0.2, 0.25) is 5.02 Å². The van der Waals surface area contributed by atoms with Gasteiger partial charge in [-0.25, -0.2) is 0 Å². The van der Waals surface area contributed by atoms with Crippen LogP contribution in [0.4, 0.5) is 0 Å². The van der Waals surface area contributed by atoms with E-state index in [0.717, 1.165) is 17.7 Å². The lowest BCUT2D eigenvalue weighted by Crippen LogP contribution is -1.93. The van der Waals surface area contributed by atoms with Crippen LogP contribution in [0.1, 0.15) is 17.1 Å². The molecule has 18 heavy (non-hydrogen) atoms. The fourth-order valence-electron chi connectivity index (χ4n) is 1.86. The van der Waals surface area contributed by atoms with Gasteiger partial charge in [0, 0.05) is 25.3 Å². The van der Waals surface area contributed by atoms with E-state index in [0.29, 0.717) is 22.3 Å². The van der Waals surface area contributed by atoms with Gasteiger partial charge < -0.3 is 9.26 Å². The van der Waals surface area contributed by atoms with E-state index in [1.54, 1.807) is 13.3 Å². The standard InChI is InChI=1S/C12H10ClN3O2/c1-17-6-10-15-12(16-18-10)8-5-14-9-4-2-3-7(9)11(8)13/h2-3,5H,4,6H2,1H3. The SMILES string of the molecule is COCc1nc(-c2cnc3c(c2Cl)C=CC3)no1. The van der Waals surface area contributed by atoms with Crippen LogP contribution < -0.4 is 0 Å². The average molecular weight is 264 g/mol. The van der Waals surface area contributed by atoms with E-state index in [4.69, 9.17) is 20.9 Å². The smallest absolute Gasteiger partial charge is 0.252 e. The Hall–Kier alpha value is -1.72. The number of pyridine rings is 1. The van der Waals surface area contributed by atoms with Crippen molar-refractivity contribution in [2.45, 2.75) is 13.0 Å². The lowest BCUT2D eigenvalue weighted by molar-refractivity contribution is 0.151. The average Bonchev–Trinajstić information content (AvgIpc) is 2.99. The number of ether oxygens (including phenoxy) is 1. The molecule has 0 radical (unpaired) electrons. The Morgan fingerprint density at radius 3 is 3.22 bits per heavy atom. The first-order valence-electron chi connectivity index (χ1n) is 5.45. The molecule has 0 saturated carbocycles. The molecule has 0 N–H and O–H groups in total. The monoisotopic (exact) mass is 263 g/mol. The topological polar surface area (TPSA) is 61.0 Å². The summed E-state index contributed by atoms with van der Waals surface area (Å²) in [6, 6.07) is 0. The number of nitrogens with zero attached hydrogens (tertiary/aromatic N) is 3. The highest BCUT2D eigenvalue weighted by Crippen LogP contribution is 2.33. The third-order valence-electron chi connectivity index (χ3n) is 2.71. The lowest BCUT2D eigenvalue weighted by atomic mass is 10.1. The Kier molecular flexibility index (Phi) is 2.85. The molecular formula is C12H10ClN3O2. The quantitative estimate of drug-likeness (QED) is 0.851. The normalized spacial score (nSPS) is 13.0. The van der Waals surface area contributed by atoms with Gasteiger partial charge in [-0.1, -0.05) is 28.9 Å². The van der Waals surface area contributed by atoms with Crippen molar-refractivity contribution in [2.75, 3.05) is 7.11 Å². The predicted molar refractivity (Wildman–Crippen MR) is 66.0 cm³/mol. The van der Waals surface area contributed by atoms with E-state index >= 15 is 0 Å². The Balaban J connectivity index is 2.03. The molecule has 6 heteroatoms. The summed E-state index contributed by atoms with van der Waals surface area (Å²) in [4.78, 5) is 8.56. The molecule has 0 unspecified atom stereocenters. The van der Waals surface area contributed by atoms with Crippen molar-refractivity contribution in [1.29, 1.82) is 0 Å². The highest BCUT2D eigenvalue weighted by Gasteiger charge is 2.18. The van der Waals surface area contributed by atoms with Crippen molar-refractivity contribution in [2.24, 2.45) is 0 Å². The second-order valence-electron chi connectivity index (χ2n) is 3.90. The van der Waals surface area contributed by atoms with Crippen LogP contribution in [0, 0.1) is 0 Å². The number of halogens is 1. The van der Waals surface area contributed by atoms with E-state index < -0.39 is 0 Å². The first kappa shape index (κ1) is 11.4. The van der Waals surface area contributed by atoms with Gasteiger partial charge in [-0.15, -0.1) is 0 Å². The van der Waals surface area contributed by atoms with E-state index in [9.17, 15) is 0 Å². The number of methoxy groups -OCH3 is 1. The summed E-state index contributed by atoms with van der Waals surface area (Å²) >= 11 is 6.33. The minimum absolute atomic E-state index is 0.281. The van der Waals surface area contributed by atoms with Crippen LogP contribution in [0.3, 0.4) is 0 Å². The molecule has 0 bridgehead atoms. The summed E-state index contributed by atoms with van der Waals surface area (Å²) in [5.74, 6) is 0.849. The predicted octanol–water partition coefficient (Wildman–Crippen LogP) is 2.50. The lowest BCUT2D eigenvalue weighted by Gasteiger charge is -2.04. The van der Waals surface area contributed by atoms with Crippen molar-refractivity contribution in [3.05, 3.63) is 34.4 Å². The maximum Gasteiger partial charge on any atom is 0.252 e. The second-order valence-corrected chi connectivity index (χ2v) is 4.28. The van der Waals surface area contributed by atoms with Gasteiger partial charge in [-0.2, -0.15) is 4.98 Å². The van der Waals surface area contributed by atoms with Crippen molar-refractivity contribution in [3.8, 4) is 11.4 Å². The molecule has 0 fully saturated rings. The van der Waals surface area contributed by atoms with Gasteiger partial charge in [0.2, 0.25) is 5.82 Å². The van der Waals surface area contributed by atoms with Gasteiger partial charge >= 0.3 is 0 Å². The third-order valence-corrected chi connectivity index (χ3v) is 3.11. The van der Waals surface area contributed by atoms with Gasteiger partial charge in [0.15, 0.2) is 0 Å². The molecule has 0 amide bonds. The van der Waals surface area contributed by atoms with Crippen LogP contribution in [0.25, 0.3) is 17.5 Å². The molecule has 2 aromatic heterocycles. The van der Waals surface area contributed by atoms with E-state index in [1.807, 2.05) is 12.2 Å². The molecule has 5 nitrogen and oxygen atoms in total. The maximum atomic E-state index is 6.33. The van der Waals surface area contributed by atoms with Crippen molar-refractivity contribution in [3.63, 3.8) is 0 Å². The Labute approximate surface area is 108 Å². The van der Waals surface area contributed by atoms with E-state index in [-0.39, 0.29) is 6.61 Å². The Morgan fingerprint density at radius 1 is 1.50 bits per heavy atom. The van der Waals surface area contributed by atoms with Gasteiger partial charge in [-0.05, 0) is 0 Å². The summed E-state index contributed by atoms with van der Waals surface area (Å²) < 4.78 is 9.97. The number of aromatic nitrogens is 3. The molecule has 0 atom stereocenters.